The fraction of sp³-hybridized carbons (Fsp3) is 0.273. The fourth-order valence-corrected chi connectivity index (χ4v) is 2.19. The molecule has 0 saturated carbocycles. The molecule has 2 aromatic heterocycles. The number of hydrogen-bond acceptors (Lipinski definition) is 3. The molecule has 2 aromatic rings. The zero-order chi connectivity index (χ0) is 11.7. The third-order valence-corrected chi connectivity index (χ3v) is 2.91. The first-order valence-electron chi connectivity index (χ1n) is 4.96. The number of pyridine rings is 1. The highest BCUT2D eigenvalue weighted by Crippen LogP contribution is 2.19. The Hall–Kier alpha value is -1.36. The largest absolute Gasteiger partial charge is 0.461 e. The van der Waals surface area contributed by atoms with Crippen molar-refractivity contribution in [3.63, 3.8) is 0 Å². The van der Waals surface area contributed by atoms with Crippen LogP contribution >= 0.6 is 15.9 Å². The van der Waals surface area contributed by atoms with Gasteiger partial charge in [0, 0.05) is 0 Å². The predicted molar refractivity (Wildman–Crippen MR) is 63.6 cm³/mol. The third-order valence-electron chi connectivity index (χ3n) is 2.30. The lowest BCUT2D eigenvalue weighted by atomic mass is 10.3. The number of aromatic nitrogens is 2. The van der Waals surface area contributed by atoms with E-state index in [0.717, 1.165) is 15.9 Å². The number of imidazole rings is 1. The standard InChI is InChI=1S/C11H11BrN2O2/c1-3-16-11(15)10-7(2)14-8(12)5-4-6-9(14)13-10/h4-6H,3H2,1-2H3. The second-order valence-electron chi connectivity index (χ2n) is 3.31. The van der Waals surface area contributed by atoms with Gasteiger partial charge in [0.25, 0.3) is 0 Å². The lowest BCUT2D eigenvalue weighted by Crippen LogP contribution is -2.07. The van der Waals surface area contributed by atoms with Crippen LogP contribution in [0.2, 0.25) is 0 Å². The highest BCUT2D eigenvalue weighted by atomic mass is 79.9. The molecular formula is C11H11BrN2O2. The van der Waals surface area contributed by atoms with Crippen molar-refractivity contribution in [2.24, 2.45) is 0 Å². The van der Waals surface area contributed by atoms with Crippen LogP contribution in [0.1, 0.15) is 23.1 Å². The topological polar surface area (TPSA) is 43.6 Å². The maximum Gasteiger partial charge on any atom is 0.358 e. The summed E-state index contributed by atoms with van der Waals surface area (Å²) in [4.78, 5) is 15.9. The van der Waals surface area contributed by atoms with Gasteiger partial charge in [-0.05, 0) is 41.9 Å². The van der Waals surface area contributed by atoms with E-state index in [0.29, 0.717) is 12.3 Å². The van der Waals surface area contributed by atoms with E-state index >= 15 is 0 Å². The number of ether oxygens (including phenoxy) is 1. The van der Waals surface area contributed by atoms with Crippen LogP contribution in [-0.4, -0.2) is 22.0 Å². The molecule has 0 spiro atoms. The number of fused-ring (bicyclic) bond motifs is 1. The second-order valence-corrected chi connectivity index (χ2v) is 4.12. The zero-order valence-electron chi connectivity index (χ0n) is 9.03. The zero-order valence-corrected chi connectivity index (χ0v) is 10.6. The number of nitrogens with zero attached hydrogens (tertiary/aromatic N) is 2. The number of carbonyl (C=O) groups is 1. The van der Waals surface area contributed by atoms with E-state index in [2.05, 4.69) is 20.9 Å². The molecule has 0 unspecified atom stereocenters. The van der Waals surface area contributed by atoms with E-state index < -0.39 is 0 Å². The summed E-state index contributed by atoms with van der Waals surface area (Å²) in [6.07, 6.45) is 0. The summed E-state index contributed by atoms with van der Waals surface area (Å²) in [7, 11) is 0. The first kappa shape index (κ1) is 11.1. The van der Waals surface area contributed by atoms with Crippen molar-refractivity contribution in [2.45, 2.75) is 13.8 Å². The van der Waals surface area contributed by atoms with Crippen molar-refractivity contribution in [2.75, 3.05) is 6.61 Å². The Morgan fingerprint density at radius 3 is 2.94 bits per heavy atom. The molecule has 0 aromatic carbocycles. The summed E-state index contributed by atoms with van der Waals surface area (Å²) in [5.74, 6) is -0.379. The van der Waals surface area contributed by atoms with Crippen molar-refractivity contribution in [1.82, 2.24) is 9.38 Å². The molecule has 2 heterocycles. The van der Waals surface area contributed by atoms with E-state index in [-0.39, 0.29) is 5.97 Å². The summed E-state index contributed by atoms with van der Waals surface area (Å²) in [6.45, 7) is 3.98. The molecule has 0 aliphatic rings. The van der Waals surface area contributed by atoms with Gasteiger partial charge >= 0.3 is 5.97 Å². The monoisotopic (exact) mass is 282 g/mol. The van der Waals surface area contributed by atoms with Crippen LogP contribution in [0.15, 0.2) is 22.8 Å². The van der Waals surface area contributed by atoms with Crippen molar-refractivity contribution < 1.29 is 9.53 Å². The van der Waals surface area contributed by atoms with Crippen LogP contribution in [0.5, 0.6) is 0 Å². The third kappa shape index (κ3) is 1.71. The number of rotatable bonds is 2. The summed E-state index contributed by atoms with van der Waals surface area (Å²) in [5, 5.41) is 0. The molecule has 0 aliphatic heterocycles. The van der Waals surface area contributed by atoms with E-state index in [9.17, 15) is 4.79 Å². The Morgan fingerprint density at radius 2 is 2.31 bits per heavy atom. The van der Waals surface area contributed by atoms with Crippen LogP contribution in [0, 0.1) is 6.92 Å². The first-order chi connectivity index (χ1) is 7.65. The van der Waals surface area contributed by atoms with Gasteiger partial charge in [0.2, 0.25) is 0 Å². The van der Waals surface area contributed by atoms with Gasteiger partial charge < -0.3 is 4.74 Å². The highest BCUT2D eigenvalue weighted by Gasteiger charge is 2.17. The fourth-order valence-electron chi connectivity index (χ4n) is 1.59. The maximum atomic E-state index is 11.6. The molecule has 0 fully saturated rings. The molecule has 2 rings (SSSR count). The quantitative estimate of drug-likeness (QED) is 0.628. The van der Waals surface area contributed by atoms with E-state index in [4.69, 9.17) is 4.74 Å². The van der Waals surface area contributed by atoms with Crippen LogP contribution in [0.25, 0.3) is 5.65 Å². The normalized spacial score (nSPS) is 10.7. The summed E-state index contributed by atoms with van der Waals surface area (Å²) >= 11 is 3.42. The molecule has 0 amide bonds. The number of hydrogen-bond donors (Lipinski definition) is 0. The van der Waals surface area contributed by atoms with Gasteiger partial charge in [0.05, 0.1) is 16.9 Å². The van der Waals surface area contributed by atoms with Gasteiger partial charge in [-0.25, -0.2) is 9.78 Å². The Morgan fingerprint density at radius 1 is 1.56 bits per heavy atom. The Bertz CT molecular complexity index is 548. The minimum absolute atomic E-state index is 0.354. The van der Waals surface area contributed by atoms with Crippen molar-refractivity contribution in [3.8, 4) is 0 Å². The van der Waals surface area contributed by atoms with Gasteiger partial charge in [-0.1, -0.05) is 6.07 Å². The molecule has 0 aliphatic carbocycles. The molecule has 4 nitrogen and oxygen atoms in total. The van der Waals surface area contributed by atoms with E-state index in [1.54, 1.807) is 6.92 Å². The smallest absolute Gasteiger partial charge is 0.358 e. The molecule has 84 valence electrons. The summed E-state index contributed by atoms with van der Waals surface area (Å²) in [5.41, 5.74) is 1.88. The Kier molecular flexibility index (Phi) is 2.96. The van der Waals surface area contributed by atoms with Crippen molar-refractivity contribution in [3.05, 3.63) is 34.2 Å². The SMILES string of the molecule is CCOC(=O)c1nc2cccc(Br)n2c1C. The lowest BCUT2D eigenvalue weighted by Gasteiger charge is -2.00. The van der Waals surface area contributed by atoms with Crippen LogP contribution in [0.4, 0.5) is 0 Å². The number of esters is 1. The Balaban J connectivity index is 2.61. The molecule has 0 radical (unpaired) electrons. The molecule has 16 heavy (non-hydrogen) atoms. The van der Waals surface area contributed by atoms with Crippen molar-refractivity contribution in [1.29, 1.82) is 0 Å². The average Bonchev–Trinajstić information content (AvgIpc) is 2.58. The molecule has 0 saturated heterocycles. The maximum absolute atomic E-state index is 11.6. The number of aryl methyl sites for hydroxylation is 1. The minimum atomic E-state index is -0.379. The van der Waals surface area contributed by atoms with Gasteiger partial charge in [-0.3, -0.25) is 4.40 Å². The molecular weight excluding hydrogens is 272 g/mol. The van der Waals surface area contributed by atoms with Crippen LogP contribution in [-0.2, 0) is 4.74 Å². The molecule has 0 bridgehead atoms. The summed E-state index contributed by atoms with van der Waals surface area (Å²) in [6, 6.07) is 5.62. The molecule has 0 atom stereocenters. The molecule has 5 heteroatoms. The van der Waals surface area contributed by atoms with Crippen LogP contribution in [0.3, 0.4) is 0 Å². The van der Waals surface area contributed by atoms with E-state index in [1.165, 1.54) is 0 Å². The van der Waals surface area contributed by atoms with Gasteiger partial charge in [-0.2, -0.15) is 0 Å². The van der Waals surface area contributed by atoms with Gasteiger partial charge in [0.1, 0.15) is 5.65 Å². The van der Waals surface area contributed by atoms with Crippen LogP contribution < -0.4 is 0 Å². The Labute approximate surface area is 101 Å². The van der Waals surface area contributed by atoms with Crippen molar-refractivity contribution >= 4 is 27.5 Å². The first-order valence-corrected chi connectivity index (χ1v) is 5.75. The lowest BCUT2D eigenvalue weighted by molar-refractivity contribution is 0.0519. The van der Waals surface area contributed by atoms with Gasteiger partial charge in [0.15, 0.2) is 5.69 Å². The predicted octanol–water partition coefficient (Wildman–Crippen LogP) is 2.58. The minimum Gasteiger partial charge on any atom is -0.461 e. The van der Waals surface area contributed by atoms with Gasteiger partial charge in [-0.15, -0.1) is 0 Å². The highest BCUT2D eigenvalue weighted by molar-refractivity contribution is 9.10. The van der Waals surface area contributed by atoms with E-state index in [1.807, 2.05) is 29.5 Å². The summed E-state index contributed by atoms with van der Waals surface area (Å²) < 4.78 is 7.68. The average molecular weight is 283 g/mol. The number of carbonyl (C=O) groups excluding carboxylic acids is 1. The second kappa shape index (κ2) is 4.25. The number of halogens is 1. The molecule has 0 N–H and O–H groups in total.